The summed E-state index contributed by atoms with van der Waals surface area (Å²) in [5.41, 5.74) is 1.01. The number of nitrogens with zero attached hydrogens (tertiary/aromatic N) is 2. The zero-order valence-corrected chi connectivity index (χ0v) is 17.3. The van der Waals surface area contributed by atoms with Crippen molar-refractivity contribution in [1.82, 2.24) is 9.80 Å². The maximum Gasteiger partial charge on any atom is 0.225 e. The molecular formula is C23H31FN2O2. The van der Waals surface area contributed by atoms with Crippen molar-refractivity contribution in [3.63, 3.8) is 0 Å². The molecule has 1 amide bonds. The second-order valence-electron chi connectivity index (χ2n) is 8.43. The molecule has 4 nitrogen and oxygen atoms in total. The summed E-state index contributed by atoms with van der Waals surface area (Å²) in [6.07, 6.45) is 1.69. The van der Waals surface area contributed by atoms with Gasteiger partial charge in [-0.1, -0.05) is 26.0 Å². The number of hydrogen-bond donors (Lipinski definition) is 0. The van der Waals surface area contributed by atoms with E-state index >= 15 is 0 Å². The smallest absolute Gasteiger partial charge is 0.225 e. The number of likely N-dealkylation sites (tertiary alicyclic amines) is 1. The van der Waals surface area contributed by atoms with E-state index in [-0.39, 0.29) is 35.5 Å². The molecule has 0 radical (unpaired) electrons. The number of rotatable bonds is 7. The number of carbonyl (C=O) groups is 1. The molecule has 0 unspecified atom stereocenters. The van der Waals surface area contributed by atoms with Gasteiger partial charge in [0.1, 0.15) is 11.6 Å². The van der Waals surface area contributed by atoms with Gasteiger partial charge in [-0.2, -0.15) is 0 Å². The van der Waals surface area contributed by atoms with Crippen LogP contribution in [-0.2, 0) is 11.3 Å². The molecule has 1 saturated heterocycles. The number of furan rings is 1. The van der Waals surface area contributed by atoms with Crippen molar-refractivity contribution in [3.05, 3.63) is 59.8 Å². The number of benzene rings is 1. The Labute approximate surface area is 167 Å². The summed E-state index contributed by atoms with van der Waals surface area (Å²) < 4.78 is 19.4. The maximum atomic E-state index is 13.9. The van der Waals surface area contributed by atoms with Gasteiger partial charge in [0.25, 0.3) is 0 Å². The van der Waals surface area contributed by atoms with E-state index in [1.54, 1.807) is 18.4 Å². The predicted octanol–water partition coefficient (Wildman–Crippen LogP) is 4.53. The third kappa shape index (κ3) is 4.82. The summed E-state index contributed by atoms with van der Waals surface area (Å²) >= 11 is 0. The molecule has 2 atom stereocenters. The van der Waals surface area contributed by atoms with Crippen LogP contribution in [0.4, 0.5) is 4.39 Å². The minimum Gasteiger partial charge on any atom is -0.468 e. The standard InChI is InChI=1S/C23H31FN2O2/c1-16(2)23(27)26(17(3)4)13-19-12-25(14-21-9-6-10-28-21)15-22(19)18-7-5-8-20(24)11-18/h5-11,16-17,19,22H,12-15H2,1-4H3/t19-,22+/m1/s1. The Morgan fingerprint density at radius 3 is 2.61 bits per heavy atom. The average molecular weight is 387 g/mol. The quantitative estimate of drug-likeness (QED) is 0.702. The van der Waals surface area contributed by atoms with Crippen molar-refractivity contribution in [1.29, 1.82) is 0 Å². The lowest BCUT2D eigenvalue weighted by Gasteiger charge is -2.33. The van der Waals surface area contributed by atoms with Gasteiger partial charge in [-0.25, -0.2) is 4.39 Å². The largest absolute Gasteiger partial charge is 0.468 e. The Kier molecular flexibility index (Phi) is 6.55. The van der Waals surface area contributed by atoms with Crippen molar-refractivity contribution in [2.45, 2.75) is 46.2 Å². The van der Waals surface area contributed by atoms with Crippen LogP contribution in [0.2, 0.25) is 0 Å². The third-order valence-corrected chi connectivity index (χ3v) is 5.58. The molecule has 3 rings (SSSR count). The van der Waals surface area contributed by atoms with Gasteiger partial charge in [0.15, 0.2) is 0 Å². The van der Waals surface area contributed by atoms with E-state index in [4.69, 9.17) is 4.42 Å². The Morgan fingerprint density at radius 1 is 1.21 bits per heavy atom. The van der Waals surface area contributed by atoms with Crippen LogP contribution in [0.1, 0.15) is 44.9 Å². The van der Waals surface area contributed by atoms with Crippen LogP contribution in [-0.4, -0.2) is 41.4 Å². The molecule has 28 heavy (non-hydrogen) atoms. The van der Waals surface area contributed by atoms with Crippen LogP contribution in [0.25, 0.3) is 0 Å². The van der Waals surface area contributed by atoms with Gasteiger partial charge in [-0.3, -0.25) is 9.69 Å². The summed E-state index contributed by atoms with van der Waals surface area (Å²) in [6.45, 7) is 11.1. The zero-order chi connectivity index (χ0) is 20.3. The number of halogens is 1. The lowest BCUT2D eigenvalue weighted by atomic mass is 9.88. The van der Waals surface area contributed by atoms with Gasteiger partial charge in [0.2, 0.25) is 5.91 Å². The molecule has 0 bridgehead atoms. The highest BCUT2D eigenvalue weighted by Crippen LogP contribution is 2.35. The molecule has 1 aromatic carbocycles. The molecule has 0 saturated carbocycles. The van der Waals surface area contributed by atoms with Crippen LogP contribution in [0, 0.1) is 17.7 Å². The van der Waals surface area contributed by atoms with Gasteiger partial charge >= 0.3 is 0 Å². The van der Waals surface area contributed by atoms with Gasteiger partial charge < -0.3 is 9.32 Å². The summed E-state index contributed by atoms with van der Waals surface area (Å²) in [5.74, 6) is 1.30. The lowest BCUT2D eigenvalue weighted by Crippen LogP contribution is -2.43. The fraction of sp³-hybridized carbons (Fsp3) is 0.522. The van der Waals surface area contributed by atoms with Crippen LogP contribution >= 0.6 is 0 Å². The summed E-state index contributed by atoms with van der Waals surface area (Å²) in [5, 5.41) is 0. The maximum absolute atomic E-state index is 13.9. The molecule has 1 aliphatic heterocycles. The first-order chi connectivity index (χ1) is 13.3. The minimum atomic E-state index is -0.209. The van der Waals surface area contributed by atoms with Crippen LogP contribution < -0.4 is 0 Å². The van der Waals surface area contributed by atoms with E-state index in [1.165, 1.54) is 6.07 Å². The number of hydrogen-bond acceptors (Lipinski definition) is 3. The summed E-state index contributed by atoms with van der Waals surface area (Å²) in [4.78, 5) is 17.1. The Bertz CT molecular complexity index is 773. The van der Waals surface area contributed by atoms with E-state index < -0.39 is 0 Å². The molecule has 5 heteroatoms. The zero-order valence-electron chi connectivity index (χ0n) is 17.3. The van der Waals surface area contributed by atoms with E-state index in [9.17, 15) is 9.18 Å². The topological polar surface area (TPSA) is 36.7 Å². The second kappa shape index (κ2) is 8.91. The molecule has 1 fully saturated rings. The van der Waals surface area contributed by atoms with Crippen molar-refractivity contribution in [2.75, 3.05) is 19.6 Å². The van der Waals surface area contributed by atoms with Crippen LogP contribution in [0.3, 0.4) is 0 Å². The minimum absolute atomic E-state index is 0.0318. The SMILES string of the molecule is CC(C)C(=O)N(C[C@H]1CN(Cc2ccco2)C[C@H]1c1cccc(F)c1)C(C)C. The monoisotopic (exact) mass is 386 g/mol. The highest BCUT2D eigenvalue weighted by molar-refractivity contribution is 5.78. The lowest BCUT2D eigenvalue weighted by molar-refractivity contribution is -0.136. The first-order valence-electron chi connectivity index (χ1n) is 10.2. The van der Waals surface area contributed by atoms with Crippen molar-refractivity contribution in [2.24, 2.45) is 11.8 Å². The van der Waals surface area contributed by atoms with E-state index in [0.717, 1.165) is 31.0 Å². The van der Waals surface area contributed by atoms with Gasteiger partial charge in [-0.15, -0.1) is 0 Å². The predicted molar refractivity (Wildman–Crippen MR) is 108 cm³/mol. The molecule has 0 N–H and O–H groups in total. The highest BCUT2D eigenvalue weighted by Gasteiger charge is 2.37. The van der Waals surface area contributed by atoms with Crippen molar-refractivity contribution >= 4 is 5.91 Å². The summed E-state index contributed by atoms with van der Waals surface area (Å²) in [7, 11) is 0. The van der Waals surface area contributed by atoms with E-state index in [1.807, 2.05) is 36.9 Å². The van der Waals surface area contributed by atoms with E-state index in [0.29, 0.717) is 6.54 Å². The van der Waals surface area contributed by atoms with Gasteiger partial charge in [-0.05, 0) is 49.6 Å². The first kappa shape index (κ1) is 20.6. The van der Waals surface area contributed by atoms with E-state index in [2.05, 4.69) is 18.7 Å². The Morgan fingerprint density at radius 2 is 2.00 bits per heavy atom. The van der Waals surface area contributed by atoms with Crippen molar-refractivity contribution < 1.29 is 13.6 Å². The molecule has 0 aliphatic carbocycles. The molecule has 2 heterocycles. The normalized spacial score (nSPS) is 20.2. The van der Waals surface area contributed by atoms with Gasteiger partial charge in [0, 0.05) is 37.5 Å². The first-order valence-corrected chi connectivity index (χ1v) is 10.2. The van der Waals surface area contributed by atoms with Crippen LogP contribution in [0.5, 0.6) is 0 Å². The number of carbonyl (C=O) groups excluding carboxylic acids is 1. The molecule has 1 aromatic heterocycles. The average Bonchev–Trinajstić information content (AvgIpc) is 3.29. The molecule has 152 valence electrons. The fourth-order valence-electron chi connectivity index (χ4n) is 4.15. The Balaban J connectivity index is 1.82. The Hall–Kier alpha value is -2.14. The molecule has 1 aliphatic rings. The third-order valence-electron chi connectivity index (χ3n) is 5.58. The van der Waals surface area contributed by atoms with Crippen molar-refractivity contribution in [3.8, 4) is 0 Å². The second-order valence-corrected chi connectivity index (χ2v) is 8.43. The number of amides is 1. The highest BCUT2D eigenvalue weighted by atomic mass is 19.1. The van der Waals surface area contributed by atoms with Crippen LogP contribution in [0.15, 0.2) is 47.1 Å². The molecule has 0 spiro atoms. The fourth-order valence-corrected chi connectivity index (χ4v) is 4.15. The summed E-state index contributed by atoms with van der Waals surface area (Å²) in [6, 6.07) is 10.9. The van der Waals surface area contributed by atoms with Gasteiger partial charge in [0.05, 0.1) is 12.8 Å². The molecule has 2 aromatic rings. The molecular weight excluding hydrogens is 355 g/mol.